The van der Waals surface area contributed by atoms with E-state index in [1.54, 1.807) is 23.3 Å². The average molecular weight is 584 g/mol. The summed E-state index contributed by atoms with van der Waals surface area (Å²) in [6.07, 6.45) is 0.838. The molecule has 1 aromatic carbocycles. The molecule has 2 aromatic heterocycles. The van der Waals surface area contributed by atoms with Gasteiger partial charge in [-0.25, -0.2) is 4.98 Å². The van der Waals surface area contributed by atoms with E-state index < -0.39 is 7.22 Å². The van der Waals surface area contributed by atoms with Gasteiger partial charge in [0.2, 0.25) is 0 Å². The number of hydrogen-bond donors (Lipinski definition) is 0. The lowest BCUT2D eigenvalue weighted by molar-refractivity contribution is 0.0638. The van der Waals surface area contributed by atoms with Gasteiger partial charge in [0, 0.05) is 29.6 Å². The summed E-state index contributed by atoms with van der Waals surface area (Å²) in [6.45, 7) is 21.3. The molecule has 0 fully saturated rings. The highest BCUT2D eigenvalue weighted by Gasteiger charge is 2.45. The van der Waals surface area contributed by atoms with Gasteiger partial charge in [0.15, 0.2) is 5.82 Å². The van der Waals surface area contributed by atoms with Crippen molar-refractivity contribution in [3.05, 3.63) is 41.0 Å². The molecule has 0 atom stereocenters. The Morgan fingerprint density at radius 2 is 1.77 bits per heavy atom. The number of aromatic nitrogens is 2. The molecule has 0 bridgehead atoms. The van der Waals surface area contributed by atoms with Gasteiger partial charge in [0.1, 0.15) is 18.7 Å². The van der Waals surface area contributed by atoms with Crippen LogP contribution in [0.15, 0.2) is 34.5 Å². The SMILES string of the molecule is COc1cc2c(cc1S[Si](C(C)C)(C(C)C)C(C)C)-c1c(-c3cccs3)nc(C(=O)N(C)C(C)(C)C)n1CC2. The molecule has 39 heavy (non-hydrogen) atoms. The Balaban J connectivity index is 1.95. The summed E-state index contributed by atoms with van der Waals surface area (Å²) < 4.78 is 8.19. The lowest BCUT2D eigenvalue weighted by Crippen LogP contribution is -2.43. The quantitative estimate of drug-likeness (QED) is 0.248. The second-order valence-electron chi connectivity index (χ2n) is 12.6. The Bertz CT molecular complexity index is 1320. The summed E-state index contributed by atoms with van der Waals surface area (Å²) in [7, 11) is 1.85. The highest BCUT2D eigenvalue weighted by molar-refractivity contribution is 8.29. The number of aryl methyl sites for hydroxylation is 1. The van der Waals surface area contributed by atoms with Crippen LogP contribution in [0.5, 0.6) is 5.75 Å². The highest BCUT2D eigenvalue weighted by Crippen LogP contribution is 2.55. The summed E-state index contributed by atoms with van der Waals surface area (Å²) in [6, 6.07) is 8.76. The number of ether oxygens (including phenoxy) is 1. The molecular formula is C31H45N3O2S2Si. The fourth-order valence-corrected chi connectivity index (χ4v) is 16.2. The number of rotatable bonds is 8. The van der Waals surface area contributed by atoms with Crippen molar-refractivity contribution in [1.29, 1.82) is 0 Å². The first-order chi connectivity index (χ1) is 18.2. The molecule has 0 N–H and O–H groups in total. The van der Waals surface area contributed by atoms with Gasteiger partial charge in [0.05, 0.1) is 17.7 Å². The topological polar surface area (TPSA) is 47.4 Å². The van der Waals surface area contributed by atoms with Crippen LogP contribution in [0.2, 0.25) is 16.6 Å². The van der Waals surface area contributed by atoms with Crippen molar-refractivity contribution >= 4 is 35.7 Å². The minimum absolute atomic E-state index is 0.0380. The van der Waals surface area contributed by atoms with Crippen LogP contribution in [0.25, 0.3) is 21.8 Å². The molecule has 0 aliphatic carbocycles. The van der Waals surface area contributed by atoms with E-state index in [0.29, 0.717) is 22.4 Å². The monoisotopic (exact) mass is 583 g/mol. The molecule has 1 aliphatic heterocycles. The Morgan fingerprint density at radius 3 is 2.28 bits per heavy atom. The van der Waals surface area contributed by atoms with Crippen molar-refractivity contribution in [2.45, 2.75) is 102 Å². The Morgan fingerprint density at radius 1 is 1.13 bits per heavy atom. The number of fused-ring (bicyclic) bond motifs is 3. The van der Waals surface area contributed by atoms with E-state index in [1.807, 2.05) is 7.05 Å². The van der Waals surface area contributed by atoms with Gasteiger partial charge in [-0.15, -0.1) is 22.5 Å². The zero-order valence-corrected chi connectivity index (χ0v) is 28.1. The van der Waals surface area contributed by atoms with Crippen molar-refractivity contribution < 1.29 is 9.53 Å². The molecule has 0 spiro atoms. The Labute approximate surface area is 244 Å². The van der Waals surface area contributed by atoms with Gasteiger partial charge in [-0.1, -0.05) is 47.6 Å². The lowest BCUT2D eigenvalue weighted by atomic mass is 9.96. The Hall–Kier alpha value is -2.03. The van der Waals surface area contributed by atoms with E-state index in [-0.39, 0.29) is 11.4 Å². The summed E-state index contributed by atoms with van der Waals surface area (Å²) in [5, 5.41) is 2.08. The van der Waals surface area contributed by atoms with Gasteiger partial charge >= 0.3 is 0 Å². The van der Waals surface area contributed by atoms with Crippen molar-refractivity contribution in [2.75, 3.05) is 14.2 Å². The Kier molecular flexibility index (Phi) is 8.51. The number of carbonyl (C=O) groups excluding carboxylic acids is 1. The number of hydrogen-bond acceptors (Lipinski definition) is 5. The molecule has 0 saturated heterocycles. The molecule has 4 rings (SSSR count). The number of imidazole rings is 1. The molecule has 212 valence electrons. The third kappa shape index (κ3) is 5.24. The van der Waals surface area contributed by atoms with Crippen LogP contribution in [0.3, 0.4) is 0 Å². The van der Waals surface area contributed by atoms with Crippen LogP contribution < -0.4 is 4.74 Å². The number of nitrogens with zero attached hydrogens (tertiary/aromatic N) is 3. The standard InChI is InChI=1S/C31H45N3O2S2Si/c1-19(2)39(20(3)4,21(5)6)38-26-18-23-22(17-24(26)36-11)14-15-34-28(23)27(25-13-12-16-37-25)32-29(34)30(35)33(10)31(7,8)9/h12-13,16-21H,14-15H2,1-11H3. The largest absolute Gasteiger partial charge is 0.496 e. The van der Waals surface area contributed by atoms with Gasteiger partial charge in [-0.3, -0.25) is 4.79 Å². The van der Waals surface area contributed by atoms with Crippen molar-refractivity contribution in [3.63, 3.8) is 0 Å². The zero-order chi connectivity index (χ0) is 28.9. The summed E-state index contributed by atoms with van der Waals surface area (Å²) in [5.74, 6) is 1.45. The first-order valence-corrected chi connectivity index (χ1v) is 18.7. The molecule has 5 nitrogen and oxygen atoms in total. The summed E-state index contributed by atoms with van der Waals surface area (Å²) in [5.41, 5.74) is 5.95. The predicted octanol–water partition coefficient (Wildman–Crippen LogP) is 8.98. The summed E-state index contributed by atoms with van der Waals surface area (Å²) in [4.78, 5) is 22.9. The fourth-order valence-electron chi connectivity index (χ4n) is 6.19. The first-order valence-electron chi connectivity index (χ1n) is 14.1. The minimum Gasteiger partial charge on any atom is -0.496 e. The minimum atomic E-state index is -1.81. The normalized spacial score (nSPS) is 13.7. The number of amides is 1. The van der Waals surface area contributed by atoms with Gasteiger partial charge in [-0.05, 0) is 73.0 Å². The smallest absolute Gasteiger partial charge is 0.290 e. The molecule has 0 saturated carbocycles. The average Bonchev–Trinajstić information content (AvgIpc) is 3.52. The third-order valence-corrected chi connectivity index (χ3v) is 21.6. The summed E-state index contributed by atoms with van der Waals surface area (Å²) >= 11 is 3.77. The van der Waals surface area contributed by atoms with Crippen molar-refractivity contribution in [2.24, 2.45) is 0 Å². The van der Waals surface area contributed by atoms with E-state index in [4.69, 9.17) is 9.72 Å². The fraction of sp³-hybridized carbons (Fsp3) is 0.548. The molecule has 3 heterocycles. The first kappa shape index (κ1) is 29.9. The number of thiophene rings is 1. The molecule has 8 heteroatoms. The number of carbonyl (C=O) groups is 1. The van der Waals surface area contributed by atoms with E-state index in [2.05, 4.69) is 108 Å². The van der Waals surface area contributed by atoms with Crippen LogP contribution in [0, 0.1) is 0 Å². The predicted molar refractivity (Wildman–Crippen MR) is 170 cm³/mol. The maximum atomic E-state index is 13.8. The van der Waals surface area contributed by atoms with E-state index in [1.165, 1.54) is 16.0 Å². The van der Waals surface area contributed by atoms with Crippen molar-refractivity contribution in [3.8, 4) is 27.6 Å². The number of methoxy groups -OCH3 is 1. The van der Waals surface area contributed by atoms with Crippen LogP contribution in [-0.4, -0.2) is 47.3 Å². The molecule has 1 amide bonds. The molecule has 1 aliphatic rings. The van der Waals surface area contributed by atoms with Gasteiger partial charge in [0.25, 0.3) is 5.91 Å². The third-order valence-electron chi connectivity index (χ3n) is 8.47. The highest BCUT2D eigenvalue weighted by atomic mass is 32.4. The van der Waals surface area contributed by atoms with Crippen LogP contribution in [-0.2, 0) is 13.0 Å². The molecule has 0 unspecified atom stereocenters. The maximum absolute atomic E-state index is 13.8. The van der Waals surface area contributed by atoms with Crippen molar-refractivity contribution in [1.82, 2.24) is 14.5 Å². The maximum Gasteiger partial charge on any atom is 0.290 e. The van der Waals surface area contributed by atoms with Gasteiger partial charge < -0.3 is 14.2 Å². The van der Waals surface area contributed by atoms with E-state index >= 15 is 0 Å². The molecular weight excluding hydrogens is 539 g/mol. The second-order valence-corrected chi connectivity index (χ2v) is 22.1. The number of benzene rings is 1. The zero-order valence-electron chi connectivity index (χ0n) is 25.5. The van der Waals surface area contributed by atoms with Crippen LogP contribution in [0.4, 0.5) is 0 Å². The van der Waals surface area contributed by atoms with Crippen LogP contribution >= 0.6 is 22.5 Å². The lowest BCUT2D eigenvalue weighted by Gasteiger charge is -2.42. The van der Waals surface area contributed by atoms with Crippen LogP contribution in [0.1, 0.15) is 78.5 Å². The van der Waals surface area contributed by atoms with Gasteiger partial charge in [-0.2, -0.15) is 0 Å². The second kappa shape index (κ2) is 11.1. The van der Waals surface area contributed by atoms with E-state index in [9.17, 15) is 4.79 Å². The molecule has 0 radical (unpaired) electrons. The molecule has 3 aromatic rings. The van der Waals surface area contributed by atoms with E-state index in [0.717, 1.165) is 35.0 Å².